The van der Waals surface area contributed by atoms with Crippen molar-refractivity contribution in [1.82, 2.24) is 0 Å². The molecule has 17 heavy (non-hydrogen) atoms. The second-order valence-electron chi connectivity index (χ2n) is 3.72. The van der Waals surface area contributed by atoms with Crippen LogP contribution in [0.5, 0.6) is 0 Å². The zero-order valence-corrected chi connectivity index (χ0v) is 9.21. The van der Waals surface area contributed by atoms with E-state index in [1.54, 1.807) is 24.3 Å². The Morgan fingerprint density at radius 1 is 1.41 bits per heavy atom. The van der Waals surface area contributed by atoms with Crippen LogP contribution in [-0.2, 0) is 11.2 Å². The zero-order valence-electron chi connectivity index (χ0n) is 9.21. The molecule has 2 unspecified atom stereocenters. The largest absolute Gasteiger partial charge is 0.390 e. The van der Waals surface area contributed by atoms with Crippen molar-refractivity contribution < 1.29 is 15.0 Å². The van der Waals surface area contributed by atoms with Gasteiger partial charge < -0.3 is 15.9 Å². The summed E-state index contributed by atoms with van der Waals surface area (Å²) in [6, 6.07) is 8.71. The Labute approximate surface area is 99.1 Å². The Balaban J connectivity index is 2.91. The molecule has 0 aliphatic heterocycles. The Kier molecular flexibility index (Phi) is 4.64. The molecule has 1 aromatic rings. The topological polar surface area (TPSA) is 107 Å². The summed E-state index contributed by atoms with van der Waals surface area (Å²) in [5.41, 5.74) is 6.02. The van der Waals surface area contributed by atoms with Crippen molar-refractivity contribution in [2.24, 2.45) is 5.73 Å². The van der Waals surface area contributed by atoms with Gasteiger partial charge in [-0.05, 0) is 11.1 Å². The first kappa shape index (κ1) is 13.2. The summed E-state index contributed by atoms with van der Waals surface area (Å²) in [5.74, 6) is -0.686. The molecular formula is C12H14N2O3. The van der Waals surface area contributed by atoms with Crippen molar-refractivity contribution in [3.63, 3.8) is 0 Å². The third-order valence-electron chi connectivity index (χ3n) is 2.42. The third-order valence-corrected chi connectivity index (χ3v) is 2.42. The van der Waals surface area contributed by atoms with Crippen LogP contribution in [0.2, 0.25) is 0 Å². The molecule has 5 nitrogen and oxygen atoms in total. The fraction of sp³-hybridized carbons (Fsp3) is 0.333. The van der Waals surface area contributed by atoms with Gasteiger partial charge in [0.25, 0.3) is 0 Å². The molecule has 1 rings (SSSR count). The summed E-state index contributed by atoms with van der Waals surface area (Å²) in [6.07, 6.45) is -2.65. The number of hydrogen-bond acceptors (Lipinski definition) is 4. The van der Waals surface area contributed by atoms with Crippen LogP contribution in [0.3, 0.4) is 0 Å². The van der Waals surface area contributed by atoms with Gasteiger partial charge in [0.1, 0.15) is 6.10 Å². The summed E-state index contributed by atoms with van der Waals surface area (Å²) in [4.78, 5) is 10.7. The number of amides is 1. The monoisotopic (exact) mass is 234 g/mol. The lowest BCUT2D eigenvalue weighted by Gasteiger charge is -2.19. The van der Waals surface area contributed by atoms with Gasteiger partial charge in [-0.3, -0.25) is 4.79 Å². The first-order valence-corrected chi connectivity index (χ1v) is 5.15. The van der Waals surface area contributed by atoms with E-state index in [1.165, 1.54) is 0 Å². The van der Waals surface area contributed by atoms with E-state index in [2.05, 4.69) is 0 Å². The molecule has 0 heterocycles. The minimum absolute atomic E-state index is 0.135. The molecule has 90 valence electrons. The Hall–Kier alpha value is -1.90. The molecule has 5 heteroatoms. The van der Waals surface area contributed by atoms with E-state index in [0.29, 0.717) is 11.1 Å². The summed E-state index contributed by atoms with van der Waals surface area (Å²) in [7, 11) is 0. The second-order valence-corrected chi connectivity index (χ2v) is 3.72. The number of nitrogens with zero attached hydrogens (tertiary/aromatic N) is 1. The predicted octanol–water partition coefficient (Wildman–Crippen LogP) is 0.0224. The van der Waals surface area contributed by atoms with Gasteiger partial charge in [0.15, 0.2) is 0 Å². The molecular weight excluding hydrogens is 220 g/mol. The lowest BCUT2D eigenvalue weighted by atomic mass is 9.95. The summed E-state index contributed by atoms with van der Waals surface area (Å²) < 4.78 is 0. The van der Waals surface area contributed by atoms with E-state index in [0.717, 1.165) is 0 Å². The molecule has 0 fully saturated rings. The van der Waals surface area contributed by atoms with Crippen LogP contribution in [-0.4, -0.2) is 22.2 Å². The lowest BCUT2D eigenvalue weighted by Crippen LogP contribution is -2.26. The highest BCUT2D eigenvalue weighted by molar-refractivity contribution is 5.74. The minimum atomic E-state index is -1.26. The average molecular weight is 234 g/mol. The van der Waals surface area contributed by atoms with Gasteiger partial charge in [-0.2, -0.15) is 5.26 Å². The number of carbonyl (C=O) groups excluding carboxylic acids is 1. The maximum absolute atomic E-state index is 10.7. The van der Waals surface area contributed by atoms with Gasteiger partial charge in [0.05, 0.1) is 25.0 Å². The maximum atomic E-state index is 10.7. The van der Waals surface area contributed by atoms with Crippen LogP contribution in [0.4, 0.5) is 0 Å². The van der Waals surface area contributed by atoms with Crippen LogP contribution < -0.4 is 5.73 Å². The summed E-state index contributed by atoms with van der Waals surface area (Å²) in [6.45, 7) is 0. The van der Waals surface area contributed by atoms with Gasteiger partial charge >= 0.3 is 0 Å². The van der Waals surface area contributed by atoms with Crippen molar-refractivity contribution >= 4 is 5.91 Å². The summed E-state index contributed by atoms with van der Waals surface area (Å²) >= 11 is 0. The molecule has 0 bridgehead atoms. The Morgan fingerprint density at radius 2 is 2.06 bits per heavy atom. The molecule has 0 aliphatic carbocycles. The number of rotatable bonds is 5. The van der Waals surface area contributed by atoms with Crippen LogP contribution in [0, 0.1) is 11.3 Å². The predicted molar refractivity (Wildman–Crippen MR) is 60.5 cm³/mol. The highest BCUT2D eigenvalue weighted by atomic mass is 16.3. The second kappa shape index (κ2) is 5.99. The molecule has 2 atom stereocenters. The highest BCUT2D eigenvalue weighted by Crippen LogP contribution is 2.22. The van der Waals surface area contributed by atoms with Gasteiger partial charge in [-0.15, -0.1) is 0 Å². The molecule has 0 aromatic heterocycles. The standard InChI is InChI=1S/C12H14N2O3/c13-6-5-8-3-1-2-4-9(8)12(17)10(15)7-11(14)16/h1-4,10,12,15,17H,5,7H2,(H2,14,16). The van der Waals surface area contributed by atoms with Crippen molar-refractivity contribution in [2.75, 3.05) is 0 Å². The van der Waals surface area contributed by atoms with E-state index in [-0.39, 0.29) is 12.8 Å². The van der Waals surface area contributed by atoms with Crippen molar-refractivity contribution in [3.05, 3.63) is 35.4 Å². The molecule has 4 N–H and O–H groups in total. The Morgan fingerprint density at radius 3 is 2.65 bits per heavy atom. The molecule has 0 spiro atoms. The quantitative estimate of drug-likeness (QED) is 0.667. The van der Waals surface area contributed by atoms with E-state index in [4.69, 9.17) is 11.0 Å². The number of aliphatic hydroxyl groups excluding tert-OH is 2. The number of aliphatic hydroxyl groups is 2. The normalized spacial score (nSPS) is 13.7. The van der Waals surface area contributed by atoms with E-state index < -0.39 is 18.1 Å². The molecule has 0 aliphatic rings. The van der Waals surface area contributed by atoms with Gasteiger partial charge in [-0.1, -0.05) is 24.3 Å². The fourth-order valence-corrected chi connectivity index (χ4v) is 1.59. The van der Waals surface area contributed by atoms with E-state index in [9.17, 15) is 15.0 Å². The van der Waals surface area contributed by atoms with E-state index in [1.807, 2.05) is 6.07 Å². The molecule has 0 radical (unpaired) electrons. The fourth-order valence-electron chi connectivity index (χ4n) is 1.59. The number of nitrogens with two attached hydrogens (primary N) is 1. The molecule has 0 saturated heterocycles. The first-order chi connectivity index (χ1) is 8.06. The van der Waals surface area contributed by atoms with Gasteiger partial charge in [0, 0.05) is 0 Å². The number of nitriles is 1. The minimum Gasteiger partial charge on any atom is -0.390 e. The van der Waals surface area contributed by atoms with Crippen LogP contribution in [0.15, 0.2) is 24.3 Å². The van der Waals surface area contributed by atoms with E-state index >= 15 is 0 Å². The van der Waals surface area contributed by atoms with Crippen molar-refractivity contribution in [3.8, 4) is 6.07 Å². The highest BCUT2D eigenvalue weighted by Gasteiger charge is 2.22. The molecule has 0 saturated carbocycles. The number of carbonyl (C=O) groups is 1. The first-order valence-electron chi connectivity index (χ1n) is 5.15. The number of primary amides is 1. The third kappa shape index (κ3) is 3.55. The molecule has 1 aromatic carbocycles. The zero-order chi connectivity index (χ0) is 12.8. The Bertz CT molecular complexity index is 440. The van der Waals surface area contributed by atoms with Gasteiger partial charge in [0.2, 0.25) is 5.91 Å². The number of benzene rings is 1. The van der Waals surface area contributed by atoms with Crippen LogP contribution in [0.1, 0.15) is 23.7 Å². The van der Waals surface area contributed by atoms with Crippen LogP contribution in [0.25, 0.3) is 0 Å². The maximum Gasteiger partial charge on any atom is 0.220 e. The van der Waals surface area contributed by atoms with Crippen LogP contribution >= 0.6 is 0 Å². The SMILES string of the molecule is N#CCc1ccccc1C(O)C(O)CC(N)=O. The summed E-state index contributed by atoms with van der Waals surface area (Å²) in [5, 5.41) is 28.1. The average Bonchev–Trinajstić information content (AvgIpc) is 2.28. The lowest BCUT2D eigenvalue weighted by molar-refractivity contribution is -0.121. The van der Waals surface area contributed by atoms with Crippen molar-refractivity contribution in [2.45, 2.75) is 25.0 Å². The smallest absolute Gasteiger partial charge is 0.220 e. The van der Waals surface area contributed by atoms with Crippen molar-refractivity contribution in [1.29, 1.82) is 5.26 Å². The molecule has 1 amide bonds. The number of hydrogen-bond donors (Lipinski definition) is 3. The van der Waals surface area contributed by atoms with Gasteiger partial charge in [-0.25, -0.2) is 0 Å².